The van der Waals surface area contributed by atoms with Crippen molar-refractivity contribution < 1.29 is 4.74 Å². The van der Waals surface area contributed by atoms with Gasteiger partial charge in [-0.2, -0.15) is 0 Å². The van der Waals surface area contributed by atoms with Gasteiger partial charge in [-0.05, 0) is 43.7 Å². The van der Waals surface area contributed by atoms with Crippen LogP contribution in [0, 0.1) is 6.92 Å². The molecule has 1 N–H and O–H groups in total. The maximum Gasteiger partial charge on any atom is 0.0705 e. The number of aromatic nitrogens is 1. The fourth-order valence-electron chi connectivity index (χ4n) is 2.22. The van der Waals surface area contributed by atoms with Crippen LogP contribution in [0.2, 0.25) is 0 Å². The summed E-state index contributed by atoms with van der Waals surface area (Å²) in [5.74, 6) is 0. The highest BCUT2D eigenvalue weighted by Gasteiger charge is 2.10. The van der Waals surface area contributed by atoms with Crippen LogP contribution in [0.4, 0.5) is 0 Å². The molecule has 0 amide bonds. The lowest BCUT2D eigenvalue weighted by molar-refractivity contribution is 0.167. The average molecular weight is 258 g/mol. The van der Waals surface area contributed by atoms with E-state index in [2.05, 4.69) is 47.6 Å². The first-order chi connectivity index (χ1) is 9.24. The van der Waals surface area contributed by atoms with E-state index in [0.717, 1.165) is 24.2 Å². The van der Waals surface area contributed by atoms with Gasteiger partial charge in [0.05, 0.1) is 18.2 Å². The molecule has 0 saturated carbocycles. The average Bonchev–Trinajstić information content (AvgIpc) is 2.43. The molecule has 1 heterocycles. The summed E-state index contributed by atoms with van der Waals surface area (Å²) in [5, 5.41) is 4.70. The molecule has 3 heteroatoms. The molecule has 1 atom stereocenters. The molecule has 0 aliphatic heterocycles. The Morgan fingerprint density at radius 3 is 2.84 bits per heavy atom. The van der Waals surface area contributed by atoms with E-state index < -0.39 is 0 Å². The molecule has 0 aliphatic rings. The summed E-state index contributed by atoms with van der Waals surface area (Å²) in [4.78, 5) is 4.53. The smallest absolute Gasteiger partial charge is 0.0705 e. The van der Waals surface area contributed by atoms with Crippen LogP contribution < -0.4 is 5.32 Å². The molecular formula is C16H22N2O. The SMILES string of the molecule is CCCNC(COC)c1ccc2nc(C)ccc2c1. The molecule has 0 radical (unpaired) electrons. The van der Waals surface area contributed by atoms with E-state index >= 15 is 0 Å². The van der Waals surface area contributed by atoms with Crippen LogP contribution in [0.1, 0.15) is 30.6 Å². The number of ether oxygens (including phenoxy) is 1. The third-order valence-corrected chi connectivity index (χ3v) is 3.23. The number of fused-ring (bicyclic) bond motifs is 1. The fourth-order valence-corrected chi connectivity index (χ4v) is 2.22. The number of pyridine rings is 1. The number of hydrogen-bond donors (Lipinski definition) is 1. The van der Waals surface area contributed by atoms with Gasteiger partial charge in [0.1, 0.15) is 0 Å². The highest BCUT2D eigenvalue weighted by Crippen LogP contribution is 2.20. The van der Waals surface area contributed by atoms with Crippen LogP contribution in [0.3, 0.4) is 0 Å². The van der Waals surface area contributed by atoms with Gasteiger partial charge >= 0.3 is 0 Å². The van der Waals surface area contributed by atoms with Gasteiger partial charge in [-0.1, -0.05) is 19.1 Å². The number of benzene rings is 1. The zero-order valence-electron chi connectivity index (χ0n) is 11.9. The van der Waals surface area contributed by atoms with E-state index in [4.69, 9.17) is 4.74 Å². The van der Waals surface area contributed by atoms with Crippen LogP contribution in [0.5, 0.6) is 0 Å². The summed E-state index contributed by atoms with van der Waals surface area (Å²) >= 11 is 0. The molecule has 0 spiro atoms. The minimum atomic E-state index is 0.246. The molecule has 0 aliphatic carbocycles. The lowest BCUT2D eigenvalue weighted by Crippen LogP contribution is -2.25. The molecule has 0 bridgehead atoms. The normalized spacial score (nSPS) is 12.8. The second-order valence-electron chi connectivity index (χ2n) is 4.87. The lowest BCUT2D eigenvalue weighted by atomic mass is 10.0. The first-order valence-electron chi connectivity index (χ1n) is 6.84. The quantitative estimate of drug-likeness (QED) is 0.863. The van der Waals surface area contributed by atoms with Crippen LogP contribution in [-0.4, -0.2) is 25.2 Å². The third kappa shape index (κ3) is 3.52. The predicted octanol–water partition coefficient (Wildman–Crippen LogP) is 3.23. The maximum atomic E-state index is 5.31. The Labute approximate surface area is 115 Å². The lowest BCUT2D eigenvalue weighted by Gasteiger charge is -2.18. The van der Waals surface area contributed by atoms with Crippen molar-refractivity contribution in [3.05, 3.63) is 41.6 Å². The second-order valence-corrected chi connectivity index (χ2v) is 4.87. The van der Waals surface area contributed by atoms with E-state index in [1.165, 1.54) is 10.9 Å². The summed E-state index contributed by atoms with van der Waals surface area (Å²) in [5.41, 5.74) is 3.36. The van der Waals surface area contributed by atoms with Crippen molar-refractivity contribution in [3.8, 4) is 0 Å². The van der Waals surface area contributed by atoms with Crippen molar-refractivity contribution in [1.82, 2.24) is 10.3 Å². The zero-order chi connectivity index (χ0) is 13.7. The van der Waals surface area contributed by atoms with Crippen molar-refractivity contribution in [2.24, 2.45) is 0 Å². The summed E-state index contributed by atoms with van der Waals surface area (Å²) in [6.45, 7) is 5.87. The van der Waals surface area contributed by atoms with Crippen LogP contribution in [0.25, 0.3) is 10.9 Å². The molecule has 0 saturated heterocycles. The van der Waals surface area contributed by atoms with Gasteiger partial charge in [-0.25, -0.2) is 0 Å². The molecular weight excluding hydrogens is 236 g/mol. The molecule has 1 aromatic heterocycles. The standard InChI is InChI=1S/C16H22N2O/c1-4-9-17-16(11-19-3)14-7-8-15-13(10-14)6-5-12(2)18-15/h5-8,10,16-17H,4,9,11H2,1-3H3. The molecule has 1 unspecified atom stereocenters. The van der Waals surface area contributed by atoms with E-state index in [1.807, 2.05) is 6.92 Å². The molecule has 19 heavy (non-hydrogen) atoms. The van der Waals surface area contributed by atoms with Gasteiger partial charge in [-0.15, -0.1) is 0 Å². The number of rotatable bonds is 6. The Bertz CT molecular complexity index is 539. The van der Waals surface area contributed by atoms with Gasteiger partial charge in [0.2, 0.25) is 0 Å². The predicted molar refractivity (Wildman–Crippen MR) is 79.4 cm³/mol. The van der Waals surface area contributed by atoms with Crippen LogP contribution in [-0.2, 0) is 4.74 Å². The monoisotopic (exact) mass is 258 g/mol. The Kier molecular flexibility index (Phi) is 4.88. The number of hydrogen-bond acceptors (Lipinski definition) is 3. The third-order valence-electron chi connectivity index (χ3n) is 3.23. The van der Waals surface area contributed by atoms with Crippen molar-refractivity contribution in [2.45, 2.75) is 26.3 Å². The Morgan fingerprint density at radius 2 is 2.11 bits per heavy atom. The first kappa shape index (κ1) is 14.0. The van der Waals surface area contributed by atoms with E-state index in [0.29, 0.717) is 6.61 Å². The highest BCUT2D eigenvalue weighted by molar-refractivity contribution is 5.79. The minimum absolute atomic E-state index is 0.246. The Balaban J connectivity index is 2.29. The second kappa shape index (κ2) is 6.64. The maximum absolute atomic E-state index is 5.31. The molecule has 2 rings (SSSR count). The molecule has 0 fully saturated rings. The summed E-state index contributed by atoms with van der Waals surface area (Å²) in [6, 6.07) is 10.9. The Hall–Kier alpha value is -1.45. The van der Waals surface area contributed by atoms with Crippen molar-refractivity contribution in [2.75, 3.05) is 20.3 Å². The first-order valence-corrected chi connectivity index (χ1v) is 6.84. The molecule has 102 valence electrons. The van der Waals surface area contributed by atoms with Gasteiger partial charge in [0.15, 0.2) is 0 Å². The van der Waals surface area contributed by atoms with Crippen molar-refractivity contribution in [1.29, 1.82) is 0 Å². The van der Waals surface area contributed by atoms with E-state index in [-0.39, 0.29) is 6.04 Å². The Morgan fingerprint density at radius 1 is 1.26 bits per heavy atom. The van der Waals surface area contributed by atoms with Crippen LogP contribution in [0.15, 0.2) is 30.3 Å². The highest BCUT2D eigenvalue weighted by atomic mass is 16.5. The molecule has 3 nitrogen and oxygen atoms in total. The summed E-state index contributed by atoms with van der Waals surface area (Å²) < 4.78 is 5.31. The topological polar surface area (TPSA) is 34.1 Å². The summed E-state index contributed by atoms with van der Waals surface area (Å²) in [7, 11) is 1.74. The molecule has 1 aromatic carbocycles. The number of nitrogens with one attached hydrogen (secondary N) is 1. The minimum Gasteiger partial charge on any atom is -0.383 e. The zero-order valence-corrected chi connectivity index (χ0v) is 11.9. The molecule has 2 aromatic rings. The van der Waals surface area contributed by atoms with Gasteiger partial charge in [0, 0.05) is 18.2 Å². The number of nitrogens with zero attached hydrogens (tertiary/aromatic N) is 1. The van der Waals surface area contributed by atoms with Gasteiger partial charge in [-0.3, -0.25) is 4.98 Å². The van der Waals surface area contributed by atoms with Crippen molar-refractivity contribution in [3.63, 3.8) is 0 Å². The van der Waals surface area contributed by atoms with E-state index in [9.17, 15) is 0 Å². The largest absolute Gasteiger partial charge is 0.383 e. The van der Waals surface area contributed by atoms with E-state index in [1.54, 1.807) is 7.11 Å². The van der Waals surface area contributed by atoms with Gasteiger partial charge < -0.3 is 10.1 Å². The number of aryl methyl sites for hydroxylation is 1. The van der Waals surface area contributed by atoms with Crippen LogP contribution >= 0.6 is 0 Å². The fraction of sp³-hybridized carbons (Fsp3) is 0.438. The summed E-state index contributed by atoms with van der Waals surface area (Å²) in [6.07, 6.45) is 1.12. The van der Waals surface area contributed by atoms with Gasteiger partial charge in [0.25, 0.3) is 0 Å². The number of methoxy groups -OCH3 is 1. The van der Waals surface area contributed by atoms with Crippen molar-refractivity contribution >= 4 is 10.9 Å².